The first-order valence-corrected chi connectivity index (χ1v) is 11.5. The summed E-state index contributed by atoms with van der Waals surface area (Å²) in [6.07, 6.45) is 7.69. The lowest BCUT2D eigenvalue weighted by Crippen LogP contribution is -2.35. The number of H-pyrrole nitrogens is 1. The summed E-state index contributed by atoms with van der Waals surface area (Å²) in [5, 5.41) is 4.83. The second-order valence-corrected chi connectivity index (χ2v) is 8.73. The minimum Gasteiger partial charge on any atom is -0.480 e. The highest BCUT2D eigenvalue weighted by Gasteiger charge is 2.23. The molecule has 0 unspecified atom stereocenters. The van der Waals surface area contributed by atoms with Crippen LogP contribution in [0, 0.1) is 5.92 Å². The molecule has 0 spiro atoms. The maximum absolute atomic E-state index is 13.0. The fourth-order valence-electron chi connectivity index (χ4n) is 3.90. The van der Waals surface area contributed by atoms with Crippen molar-refractivity contribution in [2.75, 3.05) is 31.3 Å². The minimum absolute atomic E-state index is 0.156. The van der Waals surface area contributed by atoms with E-state index in [-0.39, 0.29) is 11.3 Å². The van der Waals surface area contributed by atoms with E-state index in [0.717, 1.165) is 37.0 Å². The predicted molar refractivity (Wildman–Crippen MR) is 117 cm³/mol. The smallest absolute Gasteiger partial charge is 0.287 e. The Labute approximate surface area is 179 Å². The summed E-state index contributed by atoms with van der Waals surface area (Å²) in [4.78, 5) is 53.3. The normalized spacial score (nSPS) is 15.0. The molecule has 31 heavy (non-hydrogen) atoms. The number of hydrogen-bond acceptors (Lipinski definition) is 8. The zero-order chi connectivity index (χ0) is 22.0. The second kappa shape index (κ2) is 9.13. The Morgan fingerprint density at radius 3 is 2.77 bits per heavy atom. The summed E-state index contributed by atoms with van der Waals surface area (Å²) < 4.78 is 6.22. The molecule has 0 atom stereocenters. The first kappa shape index (κ1) is 21.4. The van der Waals surface area contributed by atoms with E-state index in [9.17, 15) is 9.59 Å². The van der Waals surface area contributed by atoms with Crippen molar-refractivity contribution in [3.8, 4) is 5.88 Å². The molecule has 4 heterocycles. The van der Waals surface area contributed by atoms with Gasteiger partial charge in [0.15, 0.2) is 8.38 Å². The van der Waals surface area contributed by atoms with Crippen molar-refractivity contribution in [2.45, 2.75) is 19.3 Å². The van der Waals surface area contributed by atoms with Crippen molar-refractivity contribution in [1.29, 1.82) is 0 Å². The van der Waals surface area contributed by atoms with Crippen molar-refractivity contribution in [2.24, 2.45) is 5.92 Å². The van der Waals surface area contributed by atoms with Crippen LogP contribution in [0.15, 0.2) is 35.5 Å². The van der Waals surface area contributed by atoms with Gasteiger partial charge in [0.2, 0.25) is 5.88 Å². The van der Waals surface area contributed by atoms with Gasteiger partial charge in [-0.2, -0.15) is 14.8 Å². The van der Waals surface area contributed by atoms with E-state index in [4.69, 9.17) is 14.5 Å². The molecule has 1 fully saturated rings. The molecule has 3 aromatic heterocycles. The van der Waals surface area contributed by atoms with Gasteiger partial charge in [0.25, 0.3) is 11.5 Å². The number of nitrogens with zero attached hydrogens (tertiary/aromatic N) is 4. The topological polar surface area (TPSA) is 134 Å². The van der Waals surface area contributed by atoms with Crippen LogP contribution < -0.4 is 15.2 Å². The molecule has 10 nitrogen and oxygen atoms in total. The number of hydrogen-bond donors (Lipinski definition) is 3. The predicted octanol–water partition coefficient (Wildman–Crippen LogP) is 1.72. The number of aromatic nitrogens is 4. The fourth-order valence-corrected chi connectivity index (χ4v) is 4.50. The van der Waals surface area contributed by atoms with Crippen molar-refractivity contribution in [3.05, 3.63) is 46.6 Å². The van der Waals surface area contributed by atoms with Crippen LogP contribution in [0.3, 0.4) is 0 Å². The highest BCUT2D eigenvalue weighted by Crippen LogP contribution is 2.32. The van der Waals surface area contributed by atoms with Crippen molar-refractivity contribution in [3.63, 3.8) is 0 Å². The van der Waals surface area contributed by atoms with Gasteiger partial charge < -0.3 is 24.4 Å². The molecule has 0 aliphatic carbocycles. The molecule has 3 aromatic rings. The average molecular weight is 445 g/mol. The van der Waals surface area contributed by atoms with Crippen LogP contribution in [0.4, 0.5) is 5.82 Å². The van der Waals surface area contributed by atoms with Gasteiger partial charge in [-0.15, -0.1) is 0 Å². The lowest BCUT2D eigenvalue weighted by Gasteiger charge is -2.33. The Morgan fingerprint density at radius 1 is 1.35 bits per heavy atom. The summed E-state index contributed by atoms with van der Waals surface area (Å²) >= 11 is 0. The largest absolute Gasteiger partial charge is 0.480 e. The molecule has 0 amide bonds. The van der Waals surface area contributed by atoms with Gasteiger partial charge >= 0.3 is 0 Å². The van der Waals surface area contributed by atoms with Gasteiger partial charge in [0.05, 0.1) is 18.9 Å². The number of piperidine rings is 1. The van der Waals surface area contributed by atoms with Crippen LogP contribution in [0.5, 0.6) is 5.88 Å². The van der Waals surface area contributed by atoms with Gasteiger partial charge in [-0.05, 0) is 37.3 Å². The third-order valence-electron chi connectivity index (χ3n) is 5.63. The molecule has 11 heteroatoms. The van der Waals surface area contributed by atoms with Crippen molar-refractivity contribution >= 4 is 30.9 Å². The Kier molecular flexibility index (Phi) is 6.31. The van der Waals surface area contributed by atoms with Crippen LogP contribution in [0.2, 0.25) is 0 Å². The van der Waals surface area contributed by atoms with E-state index in [1.165, 1.54) is 19.5 Å². The number of methoxy groups -OCH3 is 1. The Bertz CT molecular complexity index is 1120. The zero-order valence-electron chi connectivity index (χ0n) is 17.1. The molecular weight excluding hydrogens is 421 g/mol. The van der Waals surface area contributed by atoms with Gasteiger partial charge in [-0.1, -0.05) is 0 Å². The Balaban J connectivity index is 1.61. The second-order valence-electron chi connectivity index (χ2n) is 7.54. The average Bonchev–Trinajstić information content (AvgIpc) is 3.32. The number of carbonyl (C=O) groups is 1. The highest BCUT2D eigenvalue weighted by atomic mass is 31.2. The van der Waals surface area contributed by atoms with Crippen LogP contribution in [-0.4, -0.2) is 61.8 Å². The first-order valence-electron chi connectivity index (χ1n) is 10.0. The molecule has 0 aromatic carbocycles. The monoisotopic (exact) mass is 445 g/mol. The molecule has 1 aliphatic rings. The molecule has 1 saturated heterocycles. The van der Waals surface area contributed by atoms with Gasteiger partial charge in [0, 0.05) is 37.0 Å². The standard InChI is InChI=1S/C20H24N5O5P/c1-30-18-17-15(12-22-25(20(17)27)19(26)14-2-6-21-11-14)10-16(23-18)24-7-3-13(4-8-24)5-9-31(28)29/h2,6,10-13,21,28-29H,3-5,7-9H2,1H3. The number of ether oxygens (including phenoxy) is 1. The van der Waals surface area contributed by atoms with Gasteiger partial charge in [0.1, 0.15) is 11.2 Å². The van der Waals surface area contributed by atoms with E-state index >= 15 is 0 Å². The summed E-state index contributed by atoms with van der Waals surface area (Å²) in [5.41, 5.74) is -0.252. The third-order valence-corrected chi connectivity index (χ3v) is 6.29. The van der Waals surface area contributed by atoms with Crippen LogP contribution >= 0.6 is 8.38 Å². The molecule has 1 aliphatic heterocycles. The third kappa shape index (κ3) is 4.46. The number of rotatable bonds is 6. The van der Waals surface area contributed by atoms with Crippen LogP contribution in [0.1, 0.15) is 29.6 Å². The Hall–Kier alpha value is -2.81. The molecule has 4 rings (SSSR count). The van der Waals surface area contributed by atoms with E-state index in [0.29, 0.717) is 28.8 Å². The number of carbonyl (C=O) groups excluding carboxylic acids is 1. The lowest BCUT2D eigenvalue weighted by molar-refractivity contribution is 0.0940. The SMILES string of the molecule is COc1nc(N2CCC(CCP(O)O)CC2)cc2cnn(C(=O)c3cc[nH]c3)c(=O)c12. The summed E-state index contributed by atoms with van der Waals surface area (Å²) in [6, 6.07) is 3.36. The van der Waals surface area contributed by atoms with Gasteiger partial charge in [-0.25, -0.2) is 0 Å². The number of nitrogens with one attached hydrogen (secondary N) is 1. The quantitative estimate of drug-likeness (QED) is 0.489. The highest BCUT2D eigenvalue weighted by molar-refractivity contribution is 7.45. The van der Waals surface area contributed by atoms with Crippen LogP contribution in [0.25, 0.3) is 10.8 Å². The minimum atomic E-state index is -1.84. The molecule has 0 saturated carbocycles. The van der Waals surface area contributed by atoms with E-state index in [1.807, 2.05) is 0 Å². The summed E-state index contributed by atoms with van der Waals surface area (Å²) in [7, 11) is -0.394. The van der Waals surface area contributed by atoms with E-state index in [2.05, 4.69) is 20.0 Å². The Morgan fingerprint density at radius 2 is 2.13 bits per heavy atom. The summed E-state index contributed by atoms with van der Waals surface area (Å²) in [5.74, 6) is 0.765. The molecular formula is C20H24N5O5P. The number of anilines is 1. The van der Waals surface area contributed by atoms with Crippen molar-refractivity contribution in [1.82, 2.24) is 19.7 Å². The lowest BCUT2D eigenvalue weighted by atomic mass is 9.94. The number of pyridine rings is 1. The molecule has 164 valence electrons. The zero-order valence-corrected chi connectivity index (χ0v) is 18.0. The fraction of sp³-hybridized carbons (Fsp3) is 0.400. The van der Waals surface area contributed by atoms with E-state index in [1.54, 1.807) is 18.3 Å². The first-order chi connectivity index (χ1) is 15.0. The number of aromatic amines is 1. The molecule has 0 bridgehead atoms. The van der Waals surface area contributed by atoms with Crippen LogP contribution in [-0.2, 0) is 0 Å². The van der Waals surface area contributed by atoms with Crippen molar-refractivity contribution < 1.29 is 19.3 Å². The maximum Gasteiger partial charge on any atom is 0.287 e. The number of fused-ring (bicyclic) bond motifs is 1. The van der Waals surface area contributed by atoms with Gasteiger partial charge in [-0.3, -0.25) is 9.59 Å². The van der Waals surface area contributed by atoms with E-state index < -0.39 is 19.8 Å². The maximum atomic E-state index is 13.0. The molecule has 0 radical (unpaired) electrons. The summed E-state index contributed by atoms with van der Waals surface area (Å²) in [6.45, 7) is 1.55. The molecule has 3 N–H and O–H groups in total.